The lowest BCUT2D eigenvalue weighted by molar-refractivity contribution is 0.0953. The Bertz CT molecular complexity index is 1100. The van der Waals surface area contributed by atoms with Crippen LogP contribution in [0.15, 0.2) is 60.8 Å². The molecule has 33 heavy (non-hydrogen) atoms. The molecular weight excluding hydrogens is 425 g/mol. The van der Waals surface area contributed by atoms with E-state index < -0.39 is 5.82 Å². The van der Waals surface area contributed by atoms with Gasteiger partial charge < -0.3 is 20.3 Å². The molecule has 0 atom stereocenters. The molecular formula is C24H24FN5O3. The van der Waals surface area contributed by atoms with Crippen molar-refractivity contribution >= 4 is 23.5 Å². The minimum absolute atomic E-state index is 0.251. The van der Waals surface area contributed by atoms with Crippen molar-refractivity contribution in [2.45, 2.75) is 6.42 Å². The van der Waals surface area contributed by atoms with Gasteiger partial charge in [-0.25, -0.2) is 14.4 Å². The molecule has 1 saturated heterocycles. The Balaban J connectivity index is 1.50. The lowest BCUT2D eigenvalue weighted by Crippen LogP contribution is -2.37. The van der Waals surface area contributed by atoms with Crippen molar-refractivity contribution in [2.75, 3.05) is 43.1 Å². The Kier molecular flexibility index (Phi) is 7.21. The molecule has 9 heteroatoms. The first-order chi connectivity index (χ1) is 16.1. The summed E-state index contributed by atoms with van der Waals surface area (Å²) in [6.45, 7) is 2.75. The van der Waals surface area contributed by atoms with Gasteiger partial charge in [0.1, 0.15) is 5.82 Å². The van der Waals surface area contributed by atoms with Crippen LogP contribution in [0.25, 0.3) is 0 Å². The summed E-state index contributed by atoms with van der Waals surface area (Å²) in [5.41, 5.74) is 1.89. The molecule has 1 aliphatic rings. The van der Waals surface area contributed by atoms with E-state index in [-0.39, 0.29) is 18.4 Å². The first-order valence-electron chi connectivity index (χ1n) is 10.7. The number of nitrogens with zero attached hydrogens (tertiary/aromatic N) is 3. The zero-order valence-corrected chi connectivity index (χ0v) is 18.0. The van der Waals surface area contributed by atoms with Gasteiger partial charge in [0.05, 0.1) is 24.5 Å². The fourth-order valence-electron chi connectivity index (χ4n) is 3.42. The third-order valence-electron chi connectivity index (χ3n) is 5.18. The maximum Gasteiger partial charge on any atom is 0.259 e. The monoisotopic (exact) mass is 449 g/mol. The summed E-state index contributed by atoms with van der Waals surface area (Å²) >= 11 is 0. The van der Waals surface area contributed by atoms with Gasteiger partial charge in [-0.3, -0.25) is 9.59 Å². The fourth-order valence-corrected chi connectivity index (χ4v) is 3.42. The molecule has 0 radical (unpaired) electrons. The summed E-state index contributed by atoms with van der Waals surface area (Å²) in [6.07, 6.45) is 1.84. The van der Waals surface area contributed by atoms with Crippen LogP contribution in [0.2, 0.25) is 0 Å². The second-order valence-corrected chi connectivity index (χ2v) is 7.46. The van der Waals surface area contributed by atoms with Crippen molar-refractivity contribution < 1.29 is 18.7 Å². The molecule has 4 rings (SSSR count). The van der Waals surface area contributed by atoms with Crippen LogP contribution in [0.4, 0.5) is 16.0 Å². The molecule has 2 heterocycles. The Morgan fingerprint density at radius 3 is 2.45 bits per heavy atom. The van der Waals surface area contributed by atoms with Crippen molar-refractivity contribution in [3.8, 4) is 0 Å². The first-order valence-corrected chi connectivity index (χ1v) is 10.7. The topological polar surface area (TPSA) is 96.5 Å². The van der Waals surface area contributed by atoms with E-state index in [4.69, 9.17) is 4.74 Å². The maximum absolute atomic E-state index is 13.1. The Morgan fingerprint density at radius 2 is 1.73 bits per heavy atom. The number of morpholine rings is 1. The number of benzene rings is 2. The molecule has 3 aromatic rings. The van der Waals surface area contributed by atoms with E-state index in [9.17, 15) is 14.0 Å². The predicted octanol–water partition coefficient (Wildman–Crippen LogP) is 2.68. The van der Waals surface area contributed by atoms with E-state index in [1.165, 1.54) is 30.5 Å². The van der Waals surface area contributed by atoms with Crippen LogP contribution >= 0.6 is 0 Å². The van der Waals surface area contributed by atoms with Gasteiger partial charge in [-0.15, -0.1) is 0 Å². The maximum atomic E-state index is 13.1. The van der Waals surface area contributed by atoms with E-state index in [2.05, 4.69) is 20.6 Å². The second kappa shape index (κ2) is 10.6. The number of rotatable bonds is 7. The summed E-state index contributed by atoms with van der Waals surface area (Å²) < 4.78 is 18.5. The molecule has 170 valence electrons. The number of amides is 2. The smallest absolute Gasteiger partial charge is 0.259 e. The zero-order valence-electron chi connectivity index (χ0n) is 18.0. The Morgan fingerprint density at radius 1 is 1.00 bits per heavy atom. The third-order valence-corrected chi connectivity index (χ3v) is 5.18. The molecule has 1 fully saturated rings. The first kappa shape index (κ1) is 22.3. The molecule has 1 aliphatic heterocycles. The normalized spacial score (nSPS) is 13.4. The highest BCUT2D eigenvalue weighted by atomic mass is 19.1. The van der Waals surface area contributed by atoms with Gasteiger partial charge in [0.15, 0.2) is 0 Å². The van der Waals surface area contributed by atoms with Gasteiger partial charge in [0.2, 0.25) is 5.95 Å². The summed E-state index contributed by atoms with van der Waals surface area (Å²) in [6, 6.07) is 14.4. The van der Waals surface area contributed by atoms with Gasteiger partial charge in [-0.2, -0.15) is 0 Å². The van der Waals surface area contributed by atoms with Crippen LogP contribution in [-0.4, -0.2) is 54.6 Å². The fraction of sp³-hybridized carbons (Fsp3) is 0.250. The van der Waals surface area contributed by atoms with Crippen molar-refractivity contribution in [3.63, 3.8) is 0 Å². The number of aromatic nitrogens is 2. The lowest BCUT2D eigenvalue weighted by atomic mass is 10.1. The van der Waals surface area contributed by atoms with Gasteiger partial charge in [0, 0.05) is 43.5 Å². The van der Waals surface area contributed by atoms with E-state index in [1.54, 1.807) is 12.1 Å². The molecule has 0 aliphatic carbocycles. The number of halogens is 1. The van der Waals surface area contributed by atoms with Crippen LogP contribution in [0.5, 0.6) is 0 Å². The number of para-hydroxylation sites is 1. The van der Waals surface area contributed by atoms with Gasteiger partial charge >= 0.3 is 0 Å². The van der Waals surface area contributed by atoms with Crippen LogP contribution in [-0.2, 0) is 11.2 Å². The highest BCUT2D eigenvalue weighted by Crippen LogP contribution is 2.16. The lowest BCUT2D eigenvalue weighted by Gasteiger charge is -2.27. The minimum atomic E-state index is -0.405. The molecule has 0 bridgehead atoms. The molecule has 2 aromatic carbocycles. The molecule has 1 aromatic heterocycles. The molecule has 0 unspecified atom stereocenters. The molecule has 0 spiro atoms. The summed E-state index contributed by atoms with van der Waals surface area (Å²) in [7, 11) is 0. The summed E-state index contributed by atoms with van der Waals surface area (Å²) in [4.78, 5) is 36.3. The SMILES string of the molecule is O=C(NCCc1nc(N2CCOCC2)ncc1C(=O)Nc1ccccc1)c1ccc(F)cc1. The number of anilines is 2. The number of nitrogens with one attached hydrogen (secondary N) is 2. The number of carbonyl (C=O) groups excluding carboxylic acids is 2. The average Bonchev–Trinajstić information content (AvgIpc) is 2.85. The minimum Gasteiger partial charge on any atom is -0.378 e. The van der Waals surface area contributed by atoms with Crippen LogP contribution < -0.4 is 15.5 Å². The van der Waals surface area contributed by atoms with Crippen LogP contribution in [0.3, 0.4) is 0 Å². The number of ether oxygens (including phenoxy) is 1. The number of carbonyl (C=O) groups is 2. The zero-order chi connectivity index (χ0) is 23.0. The van der Waals surface area contributed by atoms with E-state index in [1.807, 2.05) is 23.1 Å². The largest absolute Gasteiger partial charge is 0.378 e. The quantitative estimate of drug-likeness (QED) is 0.576. The Hall–Kier alpha value is -3.85. The van der Waals surface area contributed by atoms with Gasteiger partial charge in [-0.05, 0) is 36.4 Å². The van der Waals surface area contributed by atoms with Crippen LogP contribution in [0.1, 0.15) is 26.4 Å². The molecule has 2 N–H and O–H groups in total. The number of hydrogen-bond donors (Lipinski definition) is 2. The van der Waals surface area contributed by atoms with Gasteiger partial charge in [-0.1, -0.05) is 18.2 Å². The number of hydrogen-bond acceptors (Lipinski definition) is 6. The Labute approximate surface area is 190 Å². The van der Waals surface area contributed by atoms with Crippen molar-refractivity contribution in [1.29, 1.82) is 0 Å². The van der Waals surface area contributed by atoms with E-state index in [0.717, 1.165) is 0 Å². The summed E-state index contributed by atoms with van der Waals surface area (Å²) in [5.74, 6) is -0.533. The molecule has 0 saturated carbocycles. The third kappa shape index (κ3) is 5.89. The van der Waals surface area contributed by atoms with E-state index >= 15 is 0 Å². The van der Waals surface area contributed by atoms with Crippen LogP contribution in [0, 0.1) is 5.82 Å². The van der Waals surface area contributed by atoms with E-state index in [0.29, 0.717) is 61.2 Å². The van der Waals surface area contributed by atoms with Gasteiger partial charge in [0.25, 0.3) is 11.8 Å². The standard InChI is InChI=1S/C24H24FN5O3/c25-18-8-6-17(7-9-18)22(31)26-11-10-21-20(23(32)28-19-4-2-1-3-5-19)16-27-24(29-21)30-12-14-33-15-13-30/h1-9,16H,10-15H2,(H,26,31)(H,28,32). The molecule has 8 nitrogen and oxygen atoms in total. The predicted molar refractivity (Wildman–Crippen MR) is 122 cm³/mol. The second-order valence-electron chi connectivity index (χ2n) is 7.46. The van der Waals surface area contributed by atoms with Crippen molar-refractivity contribution in [1.82, 2.24) is 15.3 Å². The van der Waals surface area contributed by atoms with Crippen molar-refractivity contribution in [2.24, 2.45) is 0 Å². The molecule has 2 amide bonds. The summed E-state index contributed by atoms with van der Waals surface area (Å²) in [5, 5.41) is 5.65. The highest BCUT2D eigenvalue weighted by Gasteiger charge is 2.19. The highest BCUT2D eigenvalue weighted by molar-refractivity contribution is 6.05. The average molecular weight is 449 g/mol. The van der Waals surface area contributed by atoms with Crippen molar-refractivity contribution in [3.05, 3.63) is 83.4 Å².